The van der Waals surface area contributed by atoms with Crippen LogP contribution in [-0.2, 0) is 6.54 Å². The van der Waals surface area contributed by atoms with Crippen molar-refractivity contribution in [1.29, 1.82) is 0 Å². The second kappa shape index (κ2) is 7.23. The molecule has 6 heteroatoms. The number of aryl methyl sites for hydroxylation is 1. The molecule has 27 heavy (non-hydrogen) atoms. The molecule has 0 saturated heterocycles. The Hall–Kier alpha value is -3.15. The first-order valence-corrected chi connectivity index (χ1v) is 9.23. The van der Waals surface area contributed by atoms with Crippen LogP contribution in [0, 0.1) is 6.92 Å². The van der Waals surface area contributed by atoms with Crippen LogP contribution in [0.2, 0.25) is 0 Å². The molecule has 0 fully saturated rings. The van der Waals surface area contributed by atoms with Crippen molar-refractivity contribution in [2.45, 2.75) is 26.8 Å². The fraction of sp³-hybridized carbons (Fsp3) is 0.286. The van der Waals surface area contributed by atoms with Gasteiger partial charge in [-0.25, -0.2) is 4.98 Å². The third-order valence-electron chi connectivity index (χ3n) is 4.87. The van der Waals surface area contributed by atoms with Gasteiger partial charge in [-0.2, -0.15) is 5.10 Å². The van der Waals surface area contributed by atoms with Crippen LogP contribution >= 0.6 is 0 Å². The highest BCUT2D eigenvalue weighted by atomic mass is 16.1. The van der Waals surface area contributed by atoms with Crippen LogP contribution in [0.3, 0.4) is 0 Å². The molecule has 138 valence electrons. The Bertz CT molecular complexity index is 1000. The van der Waals surface area contributed by atoms with E-state index in [4.69, 9.17) is 0 Å². The van der Waals surface area contributed by atoms with Gasteiger partial charge in [0, 0.05) is 37.3 Å². The number of hydrogen-bond acceptors (Lipinski definition) is 4. The van der Waals surface area contributed by atoms with Crippen molar-refractivity contribution in [2.75, 3.05) is 18.1 Å². The Morgan fingerprint density at radius 3 is 2.63 bits per heavy atom. The molecule has 2 aromatic carbocycles. The molecule has 1 aliphatic rings. The van der Waals surface area contributed by atoms with Crippen molar-refractivity contribution >= 4 is 28.3 Å². The van der Waals surface area contributed by atoms with E-state index in [0.29, 0.717) is 18.7 Å². The quantitative estimate of drug-likeness (QED) is 0.758. The Morgan fingerprint density at radius 1 is 1.11 bits per heavy atom. The molecule has 1 N–H and O–H groups in total. The van der Waals surface area contributed by atoms with Gasteiger partial charge in [-0.15, -0.1) is 0 Å². The predicted octanol–water partition coefficient (Wildman–Crippen LogP) is 3.36. The average Bonchev–Trinajstić information content (AvgIpc) is 3.25. The standard InChI is InChI=1S/C21H23N5O/c1-15-11-13-26(24-15)18-9-7-17(8-10-18)21(27)22-12-14-25-16(2)23-19-5-3-4-6-20(19)25/h3-10H,11-14H2,1-2H3,(H,22,27). The number of nitrogens with one attached hydrogen (secondary N) is 1. The number of para-hydroxylation sites is 2. The van der Waals surface area contributed by atoms with E-state index in [1.807, 2.05) is 61.3 Å². The van der Waals surface area contributed by atoms with Crippen molar-refractivity contribution in [1.82, 2.24) is 14.9 Å². The molecule has 0 atom stereocenters. The molecule has 0 spiro atoms. The van der Waals surface area contributed by atoms with E-state index in [9.17, 15) is 4.79 Å². The third-order valence-corrected chi connectivity index (χ3v) is 4.87. The molecular weight excluding hydrogens is 338 g/mol. The van der Waals surface area contributed by atoms with Crippen molar-refractivity contribution in [3.8, 4) is 0 Å². The van der Waals surface area contributed by atoms with Gasteiger partial charge in [0.2, 0.25) is 0 Å². The largest absolute Gasteiger partial charge is 0.350 e. The molecule has 2 heterocycles. The van der Waals surface area contributed by atoms with Gasteiger partial charge in [-0.1, -0.05) is 12.1 Å². The van der Waals surface area contributed by atoms with Gasteiger partial charge >= 0.3 is 0 Å². The number of carbonyl (C=O) groups excluding carboxylic acids is 1. The molecule has 3 aromatic rings. The topological polar surface area (TPSA) is 62.5 Å². The fourth-order valence-corrected chi connectivity index (χ4v) is 3.41. The SMILES string of the molecule is CC1=NN(c2ccc(C(=O)NCCn3c(C)nc4ccccc43)cc2)CC1. The maximum Gasteiger partial charge on any atom is 0.251 e. The van der Waals surface area contributed by atoms with Crippen molar-refractivity contribution in [3.63, 3.8) is 0 Å². The zero-order valence-corrected chi connectivity index (χ0v) is 15.6. The zero-order valence-electron chi connectivity index (χ0n) is 15.6. The lowest BCUT2D eigenvalue weighted by Crippen LogP contribution is -2.27. The van der Waals surface area contributed by atoms with Crippen molar-refractivity contribution < 1.29 is 4.79 Å². The van der Waals surface area contributed by atoms with Gasteiger partial charge in [0.25, 0.3) is 5.91 Å². The van der Waals surface area contributed by atoms with Gasteiger partial charge in [-0.3, -0.25) is 9.80 Å². The van der Waals surface area contributed by atoms with Crippen LogP contribution in [0.4, 0.5) is 5.69 Å². The van der Waals surface area contributed by atoms with Crippen LogP contribution in [0.5, 0.6) is 0 Å². The van der Waals surface area contributed by atoms with Crippen LogP contribution in [0.1, 0.15) is 29.5 Å². The number of nitrogens with zero attached hydrogens (tertiary/aromatic N) is 4. The summed E-state index contributed by atoms with van der Waals surface area (Å²) in [5.41, 5.74) is 4.89. The summed E-state index contributed by atoms with van der Waals surface area (Å²) in [6.45, 7) is 6.17. The smallest absolute Gasteiger partial charge is 0.251 e. The summed E-state index contributed by atoms with van der Waals surface area (Å²) in [6.07, 6.45) is 0.991. The molecule has 6 nitrogen and oxygen atoms in total. The molecule has 0 bridgehead atoms. The van der Waals surface area contributed by atoms with E-state index in [0.717, 1.165) is 41.2 Å². The molecule has 0 radical (unpaired) electrons. The zero-order chi connectivity index (χ0) is 18.8. The monoisotopic (exact) mass is 361 g/mol. The first-order chi connectivity index (χ1) is 13.1. The minimum absolute atomic E-state index is 0.0651. The summed E-state index contributed by atoms with van der Waals surface area (Å²) in [7, 11) is 0. The van der Waals surface area contributed by atoms with Crippen molar-refractivity contribution in [3.05, 3.63) is 59.9 Å². The fourth-order valence-electron chi connectivity index (χ4n) is 3.41. The minimum Gasteiger partial charge on any atom is -0.350 e. The summed E-state index contributed by atoms with van der Waals surface area (Å²) in [5.74, 6) is 0.890. The molecule has 1 amide bonds. The number of imidazole rings is 1. The number of aromatic nitrogens is 2. The summed E-state index contributed by atoms with van der Waals surface area (Å²) >= 11 is 0. The van der Waals surface area contributed by atoms with Gasteiger partial charge in [0.1, 0.15) is 5.82 Å². The number of carbonyl (C=O) groups is 1. The number of benzene rings is 2. The van der Waals surface area contributed by atoms with Crippen LogP contribution in [0.15, 0.2) is 53.6 Å². The number of hydrazone groups is 1. The summed E-state index contributed by atoms with van der Waals surface area (Å²) < 4.78 is 2.13. The first kappa shape index (κ1) is 17.3. The molecule has 0 saturated carbocycles. The Labute approximate surface area is 158 Å². The highest BCUT2D eigenvalue weighted by Crippen LogP contribution is 2.20. The van der Waals surface area contributed by atoms with E-state index in [-0.39, 0.29) is 5.91 Å². The van der Waals surface area contributed by atoms with Crippen molar-refractivity contribution in [2.24, 2.45) is 5.10 Å². The lowest BCUT2D eigenvalue weighted by Gasteiger charge is -2.14. The molecule has 0 unspecified atom stereocenters. The van der Waals surface area contributed by atoms with Crippen LogP contribution in [0.25, 0.3) is 11.0 Å². The van der Waals surface area contributed by atoms with E-state index < -0.39 is 0 Å². The summed E-state index contributed by atoms with van der Waals surface area (Å²) in [6, 6.07) is 15.7. The number of fused-ring (bicyclic) bond motifs is 1. The number of anilines is 1. The van der Waals surface area contributed by atoms with Crippen LogP contribution in [-0.4, -0.2) is 34.3 Å². The van der Waals surface area contributed by atoms with Gasteiger partial charge in [0.05, 0.1) is 16.7 Å². The Morgan fingerprint density at radius 2 is 1.89 bits per heavy atom. The number of hydrogen-bond donors (Lipinski definition) is 1. The summed E-state index contributed by atoms with van der Waals surface area (Å²) in [5, 5.41) is 9.46. The maximum absolute atomic E-state index is 12.4. The average molecular weight is 361 g/mol. The van der Waals surface area contributed by atoms with Gasteiger partial charge in [0.15, 0.2) is 0 Å². The number of rotatable bonds is 5. The molecule has 4 rings (SSSR count). The summed E-state index contributed by atoms with van der Waals surface area (Å²) in [4.78, 5) is 17.0. The normalized spacial score (nSPS) is 13.9. The second-order valence-electron chi connectivity index (χ2n) is 6.81. The highest BCUT2D eigenvalue weighted by molar-refractivity contribution is 5.94. The van der Waals surface area contributed by atoms with Crippen LogP contribution < -0.4 is 10.3 Å². The Balaban J connectivity index is 1.37. The third kappa shape index (κ3) is 3.56. The lowest BCUT2D eigenvalue weighted by molar-refractivity contribution is 0.0952. The Kier molecular flexibility index (Phi) is 4.62. The molecule has 0 aliphatic carbocycles. The van der Waals surface area contributed by atoms with E-state index in [1.165, 1.54) is 0 Å². The first-order valence-electron chi connectivity index (χ1n) is 9.23. The predicted molar refractivity (Wildman–Crippen MR) is 108 cm³/mol. The number of amides is 1. The maximum atomic E-state index is 12.4. The minimum atomic E-state index is -0.0651. The van der Waals surface area contributed by atoms with E-state index in [1.54, 1.807) is 0 Å². The van der Waals surface area contributed by atoms with Gasteiger partial charge in [-0.05, 0) is 50.2 Å². The molecule has 1 aromatic heterocycles. The van der Waals surface area contributed by atoms with E-state index in [2.05, 4.69) is 26.0 Å². The molecular formula is C21H23N5O. The molecule has 1 aliphatic heterocycles. The highest BCUT2D eigenvalue weighted by Gasteiger charge is 2.13. The second-order valence-corrected chi connectivity index (χ2v) is 6.81. The van der Waals surface area contributed by atoms with Gasteiger partial charge < -0.3 is 9.88 Å². The van der Waals surface area contributed by atoms with E-state index >= 15 is 0 Å². The lowest BCUT2D eigenvalue weighted by atomic mass is 10.2.